The lowest BCUT2D eigenvalue weighted by Gasteiger charge is -2.19. The number of carbonyl (C=O) groups is 2. The smallest absolute Gasteiger partial charge is 0.325 e. The van der Waals surface area contributed by atoms with E-state index in [0.717, 1.165) is 11.3 Å². The van der Waals surface area contributed by atoms with Crippen molar-refractivity contribution in [3.63, 3.8) is 0 Å². The van der Waals surface area contributed by atoms with Crippen molar-refractivity contribution >= 4 is 82.8 Å². The monoisotopic (exact) mass is 650 g/mol. The van der Waals surface area contributed by atoms with Crippen molar-refractivity contribution in [3.05, 3.63) is 85.6 Å². The fourth-order valence-corrected chi connectivity index (χ4v) is 7.51. The van der Waals surface area contributed by atoms with Crippen LogP contribution in [0.4, 0.5) is 11.4 Å². The van der Waals surface area contributed by atoms with E-state index in [-0.39, 0.29) is 29.1 Å². The van der Waals surface area contributed by atoms with Crippen LogP contribution in [0.15, 0.2) is 84.3 Å². The van der Waals surface area contributed by atoms with E-state index in [1.165, 1.54) is 24.9 Å². The van der Waals surface area contributed by atoms with Gasteiger partial charge in [-0.05, 0) is 59.7 Å². The average Bonchev–Trinajstić information content (AvgIpc) is 2.86. The molecule has 3 aromatic carbocycles. The molecule has 2 N–H and O–H groups in total. The molecular weight excluding hydrogens is 632 g/mol. The van der Waals surface area contributed by atoms with Crippen LogP contribution in [0.5, 0.6) is 0 Å². The van der Waals surface area contributed by atoms with Crippen LogP contribution < -0.4 is 10.6 Å². The second-order valence-electron chi connectivity index (χ2n) is 7.73. The topological polar surface area (TPSA) is 102 Å². The first-order chi connectivity index (χ1) is 17.2. The number of ether oxygens (including phenoxy) is 1. The lowest BCUT2D eigenvalue weighted by molar-refractivity contribution is -0.138. The summed E-state index contributed by atoms with van der Waals surface area (Å²) < 4.78 is 32.4. The zero-order valence-electron chi connectivity index (χ0n) is 18.9. The van der Waals surface area contributed by atoms with Crippen LogP contribution in [0, 0.1) is 0 Å². The molecule has 1 aliphatic rings. The van der Waals surface area contributed by atoms with E-state index < -0.39 is 9.84 Å². The molecule has 0 spiro atoms. The molecular formula is C25H20Br2N2O5S2. The highest BCUT2D eigenvalue weighted by Gasteiger charge is 2.25. The number of nitrogens with one attached hydrogen (secondary N) is 2. The average molecular weight is 652 g/mol. The highest BCUT2D eigenvalue weighted by molar-refractivity contribution is 9.11. The van der Waals surface area contributed by atoms with Gasteiger partial charge in [0.25, 0.3) is 5.91 Å². The Morgan fingerprint density at radius 3 is 2.44 bits per heavy atom. The van der Waals surface area contributed by atoms with Gasteiger partial charge in [-0.15, -0.1) is 0 Å². The maximum absolute atomic E-state index is 13.2. The number of amides is 1. The second kappa shape index (κ2) is 11.2. The fourth-order valence-electron chi connectivity index (χ4n) is 3.37. The van der Waals surface area contributed by atoms with Gasteiger partial charge in [0.1, 0.15) is 6.54 Å². The Morgan fingerprint density at radius 2 is 1.78 bits per heavy atom. The molecule has 0 fully saturated rings. The zero-order chi connectivity index (χ0) is 25.9. The summed E-state index contributed by atoms with van der Waals surface area (Å²) in [5, 5.41) is 5.78. The van der Waals surface area contributed by atoms with Gasteiger partial charge in [0.15, 0.2) is 9.84 Å². The number of hydrogen-bond acceptors (Lipinski definition) is 7. The molecule has 36 heavy (non-hydrogen) atoms. The molecule has 1 amide bonds. The number of anilines is 2. The minimum atomic E-state index is -3.65. The van der Waals surface area contributed by atoms with Crippen LogP contribution in [0.25, 0.3) is 6.08 Å². The molecule has 7 nitrogen and oxygen atoms in total. The summed E-state index contributed by atoms with van der Waals surface area (Å²) >= 11 is 8.06. The Kier molecular flexibility index (Phi) is 8.23. The summed E-state index contributed by atoms with van der Waals surface area (Å²) in [6.07, 6.45) is 1.73. The van der Waals surface area contributed by atoms with E-state index >= 15 is 0 Å². The van der Waals surface area contributed by atoms with Crippen LogP contribution in [0.2, 0.25) is 0 Å². The predicted molar refractivity (Wildman–Crippen MR) is 149 cm³/mol. The molecule has 0 unspecified atom stereocenters. The molecule has 11 heteroatoms. The van der Waals surface area contributed by atoms with Crippen molar-refractivity contribution in [2.75, 3.05) is 24.3 Å². The van der Waals surface area contributed by atoms with Gasteiger partial charge in [-0.25, -0.2) is 8.42 Å². The number of carbonyl (C=O) groups excluding carboxylic acids is 2. The van der Waals surface area contributed by atoms with E-state index in [4.69, 9.17) is 0 Å². The number of halogens is 2. The number of methoxy groups -OCH3 is 1. The van der Waals surface area contributed by atoms with Crippen molar-refractivity contribution in [2.45, 2.75) is 15.5 Å². The highest BCUT2D eigenvalue weighted by Crippen LogP contribution is 2.41. The van der Waals surface area contributed by atoms with Gasteiger partial charge in [0, 0.05) is 19.5 Å². The predicted octanol–water partition coefficient (Wildman–Crippen LogP) is 5.86. The lowest BCUT2D eigenvalue weighted by Crippen LogP contribution is -2.17. The summed E-state index contributed by atoms with van der Waals surface area (Å²) in [4.78, 5) is 25.2. The minimum Gasteiger partial charge on any atom is -0.468 e. The van der Waals surface area contributed by atoms with Gasteiger partial charge in [-0.1, -0.05) is 61.8 Å². The van der Waals surface area contributed by atoms with Crippen molar-refractivity contribution in [1.29, 1.82) is 0 Å². The van der Waals surface area contributed by atoms with E-state index in [1.54, 1.807) is 42.5 Å². The SMILES string of the molecule is COC(=O)CNc1ccc(/C=C2\Sc3cc(S(=O)(=O)Cc4c(Br)cccc4Br)ccc3NC2=O)cc1. The fraction of sp³-hybridized carbons (Fsp3) is 0.120. The lowest BCUT2D eigenvalue weighted by atomic mass is 10.2. The van der Waals surface area contributed by atoms with Crippen LogP contribution in [-0.2, 0) is 29.9 Å². The van der Waals surface area contributed by atoms with Gasteiger partial charge >= 0.3 is 5.97 Å². The molecule has 0 bridgehead atoms. The molecule has 0 aliphatic carbocycles. The number of fused-ring (bicyclic) bond motifs is 1. The normalized spacial score (nSPS) is 14.2. The van der Waals surface area contributed by atoms with Crippen molar-refractivity contribution < 1.29 is 22.7 Å². The Bertz CT molecular complexity index is 1450. The minimum absolute atomic E-state index is 0.0510. The number of sulfone groups is 1. The molecule has 4 rings (SSSR count). The quantitative estimate of drug-likeness (QED) is 0.244. The first kappa shape index (κ1) is 26.5. The molecule has 0 aromatic heterocycles. The third-order valence-corrected chi connectivity index (χ3v) is 9.48. The molecule has 3 aromatic rings. The largest absolute Gasteiger partial charge is 0.468 e. The molecule has 1 heterocycles. The zero-order valence-corrected chi connectivity index (χ0v) is 23.7. The van der Waals surface area contributed by atoms with E-state index in [9.17, 15) is 18.0 Å². The molecule has 0 atom stereocenters. The van der Waals surface area contributed by atoms with Crippen LogP contribution >= 0.6 is 43.6 Å². The van der Waals surface area contributed by atoms with Gasteiger partial charge in [-0.3, -0.25) is 9.59 Å². The number of esters is 1. The van der Waals surface area contributed by atoms with Crippen LogP contribution in [-0.4, -0.2) is 33.9 Å². The van der Waals surface area contributed by atoms with Gasteiger partial charge in [-0.2, -0.15) is 0 Å². The molecule has 0 saturated carbocycles. The summed E-state index contributed by atoms with van der Waals surface area (Å²) in [6, 6.07) is 17.3. The molecule has 0 saturated heterocycles. The number of thioether (sulfide) groups is 1. The van der Waals surface area contributed by atoms with Gasteiger partial charge < -0.3 is 15.4 Å². The van der Waals surface area contributed by atoms with Crippen LogP contribution in [0.1, 0.15) is 11.1 Å². The third-order valence-electron chi connectivity index (χ3n) is 5.27. The highest BCUT2D eigenvalue weighted by atomic mass is 79.9. The van der Waals surface area contributed by atoms with Crippen molar-refractivity contribution in [2.24, 2.45) is 0 Å². The second-order valence-corrected chi connectivity index (χ2v) is 12.5. The third kappa shape index (κ3) is 6.20. The maximum atomic E-state index is 13.2. The van der Waals surface area contributed by atoms with E-state index in [0.29, 0.717) is 30.0 Å². The number of rotatable bonds is 7. The number of hydrogen-bond donors (Lipinski definition) is 2. The first-order valence-electron chi connectivity index (χ1n) is 10.6. The Labute approximate surface area is 229 Å². The van der Waals surface area contributed by atoms with Crippen molar-refractivity contribution in [3.8, 4) is 0 Å². The van der Waals surface area contributed by atoms with E-state index in [2.05, 4.69) is 47.2 Å². The Hall–Kier alpha value is -2.60. The van der Waals surface area contributed by atoms with Gasteiger partial charge in [0.05, 0.1) is 28.4 Å². The van der Waals surface area contributed by atoms with E-state index in [1.807, 2.05) is 18.2 Å². The molecule has 1 aliphatic heterocycles. The van der Waals surface area contributed by atoms with Crippen molar-refractivity contribution in [1.82, 2.24) is 0 Å². The Morgan fingerprint density at radius 1 is 1.08 bits per heavy atom. The summed E-state index contributed by atoms with van der Waals surface area (Å²) in [5.74, 6) is -0.821. The summed E-state index contributed by atoms with van der Waals surface area (Å²) in [6.45, 7) is 0.0510. The van der Waals surface area contributed by atoms with Crippen LogP contribution in [0.3, 0.4) is 0 Å². The Balaban J connectivity index is 1.55. The standard InChI is InChI=1S/C25H20Br2N2O5S2/c1-34-24(30)13-28-16-7-5-15(6-8-16)11-23-25(31)29-21-10-9-17(12-22(21)35-23)36(32,33)14-18-19(26)3-2-4-20(18)27/h2-12,28H,13-14H2,1H3,(H,29,31)/b23-11-. The first-order valence-corrected chi connectivity index (χ1v) is 14.6. The molecule has 186 valence electrons. The maximum Gasteiger partial charge on any atom is 0.325 e. The summed E-state index contributed by atoms with van der Waals surface area (Å²) in [7, 11) is -2.32. The summed E-state index contributed by atoms with van der Waals surface area (Å²) in [5.41, 5.74) is 2.72. The number of benzene rings is 3. The van der Waals surface area contributed by atoms with Gasteiger partial charge in [0.2, 0.25) is 0 Å². The molecule has 0 radical (unpaired) electrons.